The molecule has 0 amide bonds. The Labute approximate surface area is 91.9 Å². The molecule has 0 saturated heterocycles. The Bertz CT molecular complexity index is 284. The fourth-order valence-corrected chi connectivity index (χ4v) is 1.71. The number of aliphatic hydroxyl groups excluding tert-OH is 1. The van der Waals surface area contributed by atoms with Crippen LogP contribution in [0.5, 0.6) is 0 Å². The minimum Gasteiger partial charge on any atom is -0.396 e. The van der Waals surface area contributed by atoms with Crippen LogP contribution in [0.3, 0.4) is 0 Å². The number of methoxy groups -OCH3 is 1. The van der Waals surface area contributed by atoms with E-state index in [1.54, 1.807) is 7.11 Å². The van der Waals surface area contributed by atoms with E-state index in [9.17, 15) is 5.11 Å². The van der Waals surface area contributed by atoms with E-state index in [-0.39, 0.29) is 6.61 Å². The zero-order valence-corrected chi connectivity index (χ0v) is 9.57. The largest absolute Gasteiger partial charge is 0.396 e. The summed E-state index contributed by atoms with van der Waals surface area (Å²) >= 11 is 0. The predicted octanol–water partition coefficient (Wildman–Crippen LogP) is 2.18. The normalized spacial score (nSPS) is 12.7. The van der Waals surface area contributed by atoms with Crippen LogP contribution in [0, 0.1) is 12.8 Å². The maximum absolute atomic E-state index is 9.23. The second-order valence-electron chi connectivity index (χ2n) is 4.02. The first-order valence-corrected chi connectivity index (χ1v) is 5.41. The van der Waals surface area contributed by atoms with Gasteiger partial charge in [-0.15, -0.1) is 0 Å². The first-order valence-electron chi connectivity index (χ1n) is 5.41. The quantitative estimate of drug-likeness (QED) is 0.776. The van der Waals surface area contributed by atoms with Gasteiger partial charge in [0.05, 0.1) is 0 Å². The highest BCUT2D eigenvalue weighted by molar-refractivity contribution is 5.22. The molecule has 1 rings (SSSR count). The van der Waals surface area contributed by atoms with Crippen molar-refractivity contribution >= 4 is 0 Å². The monoisotopic (exact) mass is 208 g/mol. The Hall–Kier alpha value is -0.860. The molecule has 1 unspecified atom stereocenters. The van der Waals surface area contributed by atoms with Gasteiger partial charge in [0.1, 0.15) is 0 Å². The molecule has 0 fully saturated rings. The van der Waals surface area contributed by atoms with Gasteiger partial charge < -0.3 is 9.84 Å². The van der Waals surface area contributed by atoms with Crippen molar-refractivity contribution in [2.24, 2.45) is 5.92 Å². The summed E-state index contributed by atoms with van der Waals surface area (Å²) in [6.45, 7) is 3.04. The van der Waals surface area contributed by atoms with E-state index in [1.165, 1.54) is 11.1 Å². The molecule has 1 N–H and O–H groups in total. The topological polar surface area (TPSA) is 29.5 Å². The van der Waals surface area contributed by atoms with E-state index in [0.717, 1.165) is 19.4 Å². The van der Waals surface area contributed by atoms with Crippen LogP contribution in [0.2, 0.25) is 0 Å². The number of benzene rings is 1. The summed E-state index contributed by atoms with van der Waals surface area (Å²) in [5.41, 5.74) is 2.57. The second-order valence-corrected chi connectivity index (χ2v) is 4.02. The van der Waals surface area contributed by atoms with Gasteiger partial charge in [-0.1, -0.05) is 29.8 Å². The lowest BCUT2D eigenvalue weighted by atomic mass is 9.96. The first-order chi connectivity index (χ1) is 7.26. The predicted molar refractivity (Wildman–Crippen MR) is 62.0 cm³/mol. The highest BCUT2D eigenvalue weighted by atomic mass is 16.5. The Kier molecular flexibility index (Phi) is 5.37. The van der Waals surface area contributed by atoms with Crippen LogP contribution in [0.4, 0.5) is 0 Å². The molecule has 0 aliphatic heterocycles. The Morgan fingerprint density at radius 3 is 2.80 bits per heavy atom. The molecule has 84 valence electrons. The molecule has 0 bridgehead atoms. The minimum atomic E-state index is 0.233. The van der Waals surface area contributed by atoms with Crippen molar-refractivity contribution in [2.75, 3.05) is 20.3 Å². The number of aryl methyl sites for hydroxylation is 1. The lowest BCUT2D eigenvalue weighted by molar-refractivity contribution is 0.147. The van der Waals surface area contributed by atoms with Crippen molar-refractivity contribution in [1.82, 2.24) is 0 Å². The standard InChI is InChI=1S/C13H20O2/c1-11-4-3-5-12(8-11)9-13(10-14)6-7-15-2/h3-5,8,13-14H,6-7,9-10H2,1-2H3. The Morgan fingerprint density at radius 1 is 1.40 bits per heavy atom. The van der Waals surface area contributed by atoms with Crippen LogP contribution in [0.25, 0.3) is 0 Å². The molecule has 0 spiro atoms. The summed E-state index contributed by atoms with van der Waals surface area (Å²) in [7, 11) is 1.70. The lowest BCUT2D eigenvalue weighted by Gasteiger charge is -2.13. The number of hydrogen-bond acceptors (Lipinski definition) is 2. The second kappa shape index (κ2) is 6.59. The van der Waals surface area contributed by atoms with E-state index >= 15 is 0 Å². The van der Waals surface area contributed by atoms with Crippen molar-refractivity contribution in [2.45, 2.75) is 19.8 Å². The summed E-state index contributed by atoms with van der Waals surface area (Å²) in [5.74, 6) is 0.312. The number of rotatable bonds is 6. The van der Waals surface area contributed by atoms with Gasteiger partial charge in [0.2, 0.25) is 0 Å². The molecule has 15 heavy (non-hydrogen) atoms. The third-order valence-corrected chi connectivity index (χ3v) is 2.60. The molecular formula is C13H20O2. The van der Waals surface area contributed by atoms with Crippen LogP contribution < -0.4 is 0 Å². The van der Waals surface area contributed by atoms with Crippen molar-refractivity contribution in [3.63, 3.8) is 0 Å². The van der Waals surface area contributed by atoms with Crippen LogP contribution in [-0.2, 0) is 11.2 Å². The molecule has 0 radical (unpaired) electrons. The van der Waals surface area contributed by atoms with E-state index in [2.05, 4.69) is 31.2 Å². The van der Waals surface area contributed by atoms with Crippen LogP contribution in [-0.4, -0.2) is 25.4 Å². The Morgan fingerprint density at radius 2 is 2.20 bits per heavy atom. The molecule has 1 atom stereocenters. The summed E-state index contributed by atoms with van der Waals surface area (Å²) < 4.78 is 5.02. The van der Waals surface area contributed by atoms with Crippen molar-refractivity contribution in [3.8, 4) is 0 Å². The molecule has 0 heterocycles. The molecule has 2 heteroatoms. The van der Waals surface area contributed by atoms with E-state index in [0.29, 0.717) is 5.92 Å². The minimum absolute atomic E-state index is 0.233. The van der Waals surface area contributed by atoms with E-state index in [1.807, 2.05) is 0 Å². The summed E-state index contributed by atoms with van der Waals surface area (Å²) in [4.78, 5) is 0. The van der Waals surface area contributed by atoms with Crippen LogP contribution >= 0.6 is 0 Å². The fourth-order valence-electron chi connectivity index (χ4n) is 1.71. The number of ether oxygens (including phenoxy) is 1. The molecular weight excluding hydrogens is 188 g/mol. The lowest BCUT2D eigenvalue weighted by Crippen LogP contribution is -2.12. The number of hydrogen-bond donors (Lipinski definition) is 1. The van der Waals surface area contributed by atoms with Crippen LogP contribution in [0.1, 0.15) is 17.5 Å². The molecule has 0 aromatic heterocycles. The van der Waals surface area contributed by atoms with Gasteiger partial charge in [-0.3, -0.25) is 0 Å². The highest BCUT2D eigenvalue weighted by Gasteiger charge is 2.08. The van der Waals surface area contributed by atoms with Crippen LogP contribution in [0.15, 0.2) is 24.3 Å². The molecule has 0 aliphatic rings. The highest BCUT2D eigenvalue weighted by Crippen LogP contribution is 2.13. The number of aliphatic hydroxyl groups is 1. The van der Waals surface area contributed by atoms with Crippen molar-refractivity contribution < 1.29 is 9.84 Å². The summed E-state index contributed by atoms with van der Waals surface area (Å²) in [5, 5.41) is 9.23. The molecule has 1 aromatic carbocycles. The molecule has 0 aliphatic carbocycles. The summed E-state index contributed by atoms with van der Waals surface area (Å²) in [6.07, 6.45) is 1.85. The third kappa shape index (κ3) is 4.45. The van der Waals surface area contributed by atoms with E-state index in [4.69, 9.17) is 4.74 Å². The third-order valence-electron chi connectivity index (χ3n) is 2.60. The van der Waals surface area contributed by atoms with Gasteiger partial charge in [-0.25, -0.2) is 0 Å². The molecule has 2 nitrogen and oxygen atoms in total. The zero-order valence-electron chi connectivity index (χ0n) is 9.57. The smallest absolute Gasteiger partial charge is 0.0465 e. The first kappa shape index (κ1) is 12.2. The van der Waals surface area contributed by atoms with Gasteiger partial charge in [-0.05, 0) is 31.2 Å². The van der Waals surface area contributed by atoms with Gasteiger partial charge in [0, 0.05) is 20.3 Å². The van der Waals surface area contributed by atoms with Crippen molar-refractivity contribution in [3.05, 3.63) is 35.4 Å². The SMILES string of the molecule is COCCC(CO)Cc1cccc(C)c1. The maximum Gasteiger partial charge on any atom is 0.0465 e. The molecule has 0 saturated carbocycles. The average molecular weight is 208 g/mol. The molecule has 1 aromatic rings. The maximum atomic E-state index is 9.23. The Balaban J connectivity index is 2.50. The van der Waals surface area contributed by atoms with Crippen molar-refractivity contribution in [1.29, 1.82) is 0 Å². The fraction of sp³-hybridized carbons (Fsp3) is 0.538. The van der Waals surface area contributed by atoms with Gasteiger partial charge in [0.25, 0.3) is 0 Å². The summed E-state index contributed by atoms with van der Waals surface area (Å²) in [6, 6.07) is 8.44. The van der Waals surface area contributed by atoms with E-state index < -0.39 is 0 Å². The zero-order chi connectivity index (χ0) is 11.1. The van der Waals surface area contributed by atoms with Gasteiger partial charge >= 0.3 is 0 Å². The van der Waals surface area contributed by atoms with Gasteiger partial charge in [-0.2, -0.15) is 0 Å². The average Bonchev–Trinajstić information content (AvgIpc) is 2.24. The van der Waals surface area contributed by atoms with Gasteiger partial charge in [0.15, 0.2) is 0 Å².